The lowest BCUT2D eigenvalue weighted by molar-refractivity contribution is 0.0939. The van der Waals surface area contributed by atoms with Crippen LogP contribution in [0.3, 0.4) is 0 Å². The van der Waals surface area contributed by atoms with Crippen LogP contribution in [0, 0.1) is 0 Å². The maximum Gasteiger partial charge on any atom is 0.251 e. The number of hydrogen-bond acceptors (Lipinski definition) is 6. The molecule has 7 heteroatoms. The van der Waals surface area contributed by atoms with Crippen LogP contribution < -0.4 is 11.1 Å². The largest absolute Gasteiger partial charge is 0.374 e. The summed E-state index contributed by atoms with van der Waals surface area (Å²) in [5.74, 6) is -0.110. The second-order valence-corrected chi connectivity index (χ2v) is 7.25. The minimum atomic E-state index is -0.208. The summed E-state index contributed by atoms with van der Waals surface area (Å²) in [5.41, 5.74) is 7.48. The van der Waals surface area contributed by atoms with Gasteiger partial charge in [-0.2, -0.15) is 0 Å². The van der Waals surface area contributed by atoms with Gasteiger partial charge in [-0.3, -0.25) is 9.69 Å². The first kappa shape index (κ1) is 16.9. The number of likely N-dealkylation sites (tertiary alicyclic amines) is 1. The number of nitrogens with two attached hydrogens (primary N) is 1. The second kappa shape index (κ2) is 7.72. The molecule has 3 N–H and O–H groups in total. The summed E-state index contributed by atoms with van der Waals surface area (Å²) in [5, 5.41) is 11.8. The summed E-state index contributed by atoms with van der Waals surface area (Å²) >= 11 is 1.29. The Hall–Kier alpha value is -1.99. The van der Waals surface area contributed by atoms with Gasteiger partial charge in [-0.05, 0) is 50.6 Å². The molecule has 24 heavy (non-hydrogen) atoms. The molecule has 1 fully saturated rings. The molecule has 1 aromatic heterocycles. The third-order valence-corrected chi connectivity index (χ3v) is 5.18. The fourth-order valence-corrected chi connectivity index (χ4v) is 3.51. The van der Waals surface area contributed by atoms with Gasteiger partial charge in [0.1, 0.15) is 5.01 Å². The summed E-state index contributed by atoms with van der Waals surface area (Å²) in [4.78, 5) is 14.8. The van der Waals surface area contributed by atoms with E-state index in [-0.39, 0.29) is 11.9 Å². The molecular weight excluding hydrogens is 322 g/mol. The van der Waals surface area contributed by atoms with Crippen LogP contribution in [0.2, 0.25) is 0 Å². The van der Waals surface area contributed by atoms with Gasteiger partial charge in [-0.15, -0.1) is 10.2 Å². The lowest BCUT2D eigenvalue weighted by Gasteiger charge is -2.26. The lowest BCUT2D eigenvalue weighted by atomic mass is 10.1. The van der Waals surface area contributed by atoms with Crippen molar-refractivity contribution in [3.8, 4) is 0 Å². The number of benzene rings is 1. The van der Waals surface area contributed by atoms with Gasteiger partial charge < -0.3 is 11.1 Å². The maximum atomic E-state index is 12.3. The van der Waals surface area contributed by atoms with Gasteiger partial charge in [-0.1, -0.05) is 29.9 Å². The summed E-state index contributed by atoms with van der Waals surface area (Å²) in [6, 6.07) is 7.64. The number of amides is 1. The Labute approximate surface area is 146 Å². The van der Waals surface area contributed by atoms with Gasteiger partial charge in [0.15, 0.2) is 0 Å². The molecule has 0 bridgehead atoms. The van der Waals surface area contributed by atoms with Crippen LogP contribution in [0.5, 0.6) is 0 Å². The Bertz CT molecular complexity index is 679. The van der Waals surface area contributed by atoms with Crippen LogP contribution in [0.1, 0.15) is 53.2 Å². The molecule has 1 aliphatic heterocycles. The number of hydrogen-bond donors (Lipinski definition) is 2. The molecule has 1 aromatic carbocycles. The summed E-state index contributed by atoms with van der Waals surface area (Å²) in [7, 11) is 0. The average Bonchev–Trinajstić information content (AvgIpc) is 3.03. The molecule has 3 rings (SSSR count). The molecule has 6 nitrogen and oxygen atoms in total. The smallest absolute Gasteiger partial charge is 0.251 e. The van der Waals surface area contributed by atoms with Crippen molar-refractivity contribution in [2.75, 3.05) is 18.8 Å². The van der Waals surface area contributed by atoms with E-state index < -0.39 is 0 Å². The quantitative estimate of drug-likeness (QED) is 0.870. The lowest BCUT2D eigenvalue weighted by Crippen LogP contribution is -2.29. The molecular formula is C17H23N5OS. The van der Waals surface area contributed by atoms with Gasteiger partial charge in [0, 0.05) is 12.1 Å². The van der Waals surface area contributed by atoms with E-state index in [0.29, 0.717) is 15.7 Å². The normalized spacial score (nSPS) is 16.7. The Morgan fingerprint density at radius 1 is 1.25 bits per heavy atom. The molecule has 1 amide bonds. The SMILES string of the molecule is C[C@H](NC(=O)c1ccc(CN2CCCCC2)cc1)c1nnc(N)s1. The Balaban J connectivity index is 1.57. The van der Waals surface area contributed by atoms with Crippen molar-refractivity contribution in [1.29, 1.82) is 0 Å². The maximum absolute atomic E-state index is 12.3. The first-order valence-electron chi connectivity index (χ1n) is 8.33. The van der Waals surface area contributed by atoms with Gasteiger partial charge in [0.2, 0.25) is 5.13 Å². The molecule has 0 saturated carbocycles. The molecule has 0 spiro atoms. The van der Waals surface area contributed by atoms with Crippen molar-refractivity contribution < 1.29 is 4.79 Å². The molecule has 2 heterocycles. The highest BCUT2D eigenvalue weighted by Crippen LogP contribution is 2.19. The molecule has 0 unspecified atom stereocenters. The highest BCUT2D eigenvalue weighted by molar-refractivity contribution is 7.15. The Morgan fingerprint density at radius 3 is 2.58 bits per heavy atom. The van der Waals surface area contributed by atoms with Crippen molar-refractivity contribution in [3.63, 3.8) is 0 Å². The van der Waals surface area contributed by atoms with E-state index >= 15 is 0 Å². The second-order valence-electron chi connectivity index (χ2n) is 6.21. The van der Waals surface area contributed by atoms with Gasteiger partial charge in [-0.25, -0.2) is 0 Å². The number of nitrogen functional groups attached to an aromatic ring is 1. The van der Waals surface area contributed by atoms with Crippen LogP contribution >= 0.6 is 11.3 Å². The predicted octanol–water partition coefficient (Wildman–Crippen LogP) is 2.60. The number of aromatic nitrogens is 2. The zero-order valence-corrected chi connectivity index (χ0v) is 14.7. The number of anilines is 1. The zero-order valence-electron chi connectivity index (χ0n) is 13.9. The van der Waals surface area contributed by atoms with Crippen LogP contribution in [0.25, 0.3) is 0 Å². The summed E-state index contributed by atoms with van der Waals surface area (Å²) in [6.07, 6.45) is 3.91. The van der Waals surface area contributed by atoms with Crippen LogP contribution in [0.15, 0.2) is 24.3 Å². The number of nitrogens with one attached hydrogen (secondary N) is 1. The monoisotopic (exact) mass is 345 g/mol. The van der Waals surface area contributed by atoms with E-state index in [1.165, 1.54) is 49.3 Å². The van der Waals surface area contributed by atoms with Crippen molar-refractivity contribution in [1.82, 2.24) is 20.4 Å². The molecule has 0 aliphatic carbocycles. The van der Waals surface area contributed by atoms with Crippen LogP contribution in [-0.4, -0.2) is 34.1 Å². The summed E-state index contributed by atoms with van der Waals surface area (Å²) in [6.45, 7) is 5.18. The van der Waals surface area contributed by atoms with E-state index in [9.17, 15) is 4.79 Å². The molecule has 1 saturated heterocycles. The molecule has 2 aromatic rings. The topological polar surface area (TPSA) is 84.1 Å². The van der Waals surface area contributed by atoms with E-state index in [4.69, 9.17) is 5.73 Å². The Morgan fingerprint density at radius 2 is 1.96 bits per heavy atom. The van der Waals surface area contributed by atoms with Gasteiger partial charge in [0.25, 0.3) is 5.91 Å². The fourth-order valence-electron chi connectivity index (χ4n) is 2.90. The number of piperidine rings is 1. The van der Waals surface area contributed by atoms with E-state index in [1.54, 1.807) is 0 Å². The molecule has 1 atom stereocenters. The standard InChI is InChI=1S/C17H23N5OS/c1-12(16-20-21-17(18)24-16)19-15(23)14-7-5-13(6-8-14)11-22-9-3-2-4-10-22/h5-8,12H,2-4,9-11H2,1H3,(H2,18,21)(H,19,23)/t12-/m0/s1. The number of rotatable bonds is 5. The van der Waals surface area contributed by atoms with Crippen molar-refractivity contribution in [3.05, 3.63) is 40.4 Å². The van der Waals surface area contributed by atoms with E-state index in [1.807, 2.05) is 31.2 Å². The minimum absolute atomic E-state index is 0.110. The molecule has 1 aliphatic rings. The highest BCUT2D eigenvalue weighted by Gasteiger charge is 2.15. The number of carbonyl (C=O) groups excluding carboxylic acids is 1. The zero-order chi connectivity index (χ0) is 16.9. The highest BCUT2D eigenvalue weighted by atomic mass is 32.1. The van der Waals surface area contributed by atoms with Crippen LogP contribution in [-0.2, 0) is 6.54 Å². The summed E-state index contributed by atoms with van der Waals surface area (Å²) < 4.78 is 0. The van der Waals surface area contributed by atoms with E-state index in [0.717, 1.165) is 6.54 Å². The number of nitrogens with zero attached hydrogens (tertiary/aromatic N) is 3. The fraction of sp³-hybridized carbons (Fsp3) is 0.471. The van der Waals surface area contributed by atoms with Gasteiger partial charge in [0.05, 0.1) is 6.04 Å². The Kier molecular flexibility index (Phi) is 5.42. The molecule has 128 valence electrons. The first-order valence-corrected chi connectivity index (χ1v) is 9.14. The van der Waals surface area contributed by atoms with Crippen molar-refractivity contribution in [2.24, 2.45) is 0 Å². The van der Waals surface area contributed by atoms with E-state index in [2.05, 4.69) is 20.4 Å². The average molecular weight is 345 g/mol. The van der Waals surface area contributed by atoms with Crippen LogP contribution in [0.4, 0.5) is 5.13 Å². The van der Waals surface area contributed by atoms with Gasteiger partial charge >= 0.3 is 0 Å². The minimum Gasteiger partial charge on any atom is -0.374 e. The van der Waals surface area contributed by atoms with Crippen molar-refractivity contribution in [2.45, 2.75) is 38.8 Å². The molecule has 0 radical (unpaired) electrons. The number of carbonyl (C=O) groups is 1. The third kappa shape index (κ3) is 4.30. The first-order chi connectivity index (χ1) is 11.6. The third-order valence-electron chi connectivity index (χ3n) is 4.25. The van der Waals surface area contributed by atoms with Crippen molar-refractivity contribution >= 4 is 22.4 Å². The predicted molar refractivity (Wildman–Crippen MR) is 95.8 cm³/mol.